The Morgan fingerprint density at radius 3 is 2.09 bits per heavy atom. The van der Waals surface area contributed by atoms with Crippen molar-refractivity contribution in [3.05, 3.63) is 59.7 Å². The standard InChI is InChI=1S/C23H23F3N2O6/c1-33-13(10-19(29)28-20(21(30)31)23(24,25)26)11-27-22(32)34-12-18-16-8-4-2-6-14(16)15-7-3-5-9-17(15)18/h2-9,13,18,20H,10-12H2,1H3,(H,27,32)(H,28,29)(H,30,31). The zero-order chi connectivity index (χ0) is 24.9. The Hall–Kier alpha value is -3.60. The molecule has 0 aromatic heterocycles. The predicted octanol–water partition coefficient (Wildman–Crippen LogP) is 3.06. The lowest BCUT2D eigenvalue weighted by Gasteiger charge is -2.20. The Labute approximate surface area is 193 Å². The van der Waals surface area contributed by atoms with Crippen molar-refractivity contribution in [2.24, 2.45) is 0 Å². The van der Waals surface area contributed by atoms with Gasteiger partial charge in [-0.2, -0.15) is 13.2 Å². The molecule has 3 N–H and O–H groups in total. The van der Waals surface area contributed by atoms with E-state index in [1.165, 1.54) is 12.4 Å². The van der Waals surface area contributed by atoms with Gasteiger partial charge in [-0.05, 0) is 22.3 Å². The summed E-state index contributed by atoms with van der Waals surface area (Å²) in [6.45, 7) is -0.172. The first-order valence-electron chi connectivity index (χ1n) is 10.3. The summed E-state index contributed by atoms with van der Waals surface area (Å²) in [6, 6.07) is 12.6. The van der Waals surface area contributed by atoms with Crippen molar-refractivity contribution in [2.45, 2.75) is 30.7 Å². The van der Waals surface area contributed by atoms with Crippen molar-refractivity contribution in [3.8, 4) is 11.1 Å². The van der Waals surface area contributed by atoms with Crippen molar-refractivity contribution in [2.75, 3.05) is 20.3 Å². The first-order valence-corrected chi connectivity index (χ1v) is 10.3. The molecule has 0 heterocycles. The molecule has 182 valence electrons. The van der Waals surface area contributed by atoms with E-state index in [0.29, 0.717) is 0 Å². The maximum atomic E-state index is 12.7. The van der Waals surface area contributed by atoms with Gasteiger partial charge in [0.1, 0.15) is 6.61 Å². The number of aliphatic carboxylic acids is 1. The van der Waals surface area contributed by atoms with Gasteiger partial charge in [0.15, 0.2) is 0 Å². The van der Waals surface area contributed by atoms with E-state index >= 15 is 0 Å². The van der Waals surface area contributed by atoms with Gasteiger partial charge >= 0.3 is 18.2 Å². The number of halogens is 3. The van der Waals surface area contributed by atoms with E-state index in [0.717, 1.165) is 22.3 Å². The van der Waals surface area contributed by atoms with Crippen LogP contribution >= 0.6 is 0 Å². The number of fused-ring (bicyclic) bond motifs is 3. The van der Waals surface area contributed by atoms with Crippen LogP contribution in [0.5, 0.6) is 0 Å². The highest BCUT2D eigenvalue weighted by Gasteiger charge is 2.46. The smallest absolute Gasteiger partial charge is 0.419 e. The number of carboxylic acids is 1. The van der Waals surface area contributed by atoms with Crippen LogP contribution in [0, 0.1) is 0 Å². The molecule has 2 aromatic rings. The van der Waals surface area contributed by atoms with E-state index in [2.05, 4.69) is 5.32 Å². The van der Waals surface area contributed by atoms with Crippen LogP contribution in [0.1, 0.15) is 23.5 Å². The number of hydrogen-bond acceptors (Lipinski definition) is 5. The zero-order valence-electron chi connectivity index (χ0n) is 18.1. The summed E-state index contributed by atoms with van der Waals surface area (Å²) >= 11 is 0. The molecule has 1 aliphatic carbocycles. The Kier molecular flexibility index (Phi) is 7.77. The van der Waals surface area contributed by atoms with E-state index < -0.39 is 42.7 Å². The number of benzene rings is 2. The quantitative estimate of drug-likeness (QED) is 0.509. The third-order valence-electron chi connectivity index (χ3n) is 5.44. The molecule has 11 heteroatoms. The van der Waals surface area contributed by atoms with Gasteiger partial charge < -0.3 is 25.2 Å². The van der Waals surface area contributed by atoms with Gasteiger partial charge in [0.2, 0.25) is 11.9 Å². The van der Waals surface area contributed by atoms with Gasteiger partial charge in [-0.15, -0.1) is 0 Å². The second kappa shape index (κ2) is 10.6. The summed E-state index contributed by atoms with van der Waals surface area (Å²) in [5.74, 6) is -3.57. The minimum absolute atomic E-state index is 0.0594. The van der Waals surface area contributed by atoms with Gasteiger partial charge in [-0.25, -0.2) is 9.59 Å². The molecule has 34 heavy (non-hydrogen) atoms. The maximum Gasteiger partial charge on any atom is 0.419 e. The van der Waals surface area contributed by atoms with Crippen LogP contribution in [-0.4, -0.2) is 61.7 Å². The summed E-state index contributed by atoms with van der Waals surface area (Å²) in [4.78, 5) is 34.8. The van der Waals surface area contributed by atoms with Crippen LogP contribution in [0.2, 0.25) is 0 Å². The molecule has 0 fully saturated rings. The SMILES string of the molecule is COC(CNC(=O)OCC1c2ccccc2-c2ccccc21)CC(=O)NC(C(=O)O)C(F)(F)F. The number of amides is 2. The minimum atomic E-state index is -5.15. The van der Waals surface area contributed by atoms with Crippen molar-refractivity contribution in [3.63, 3.8) is 0 Å². The van der Waals surface area contributed by atoms with Crippen LogP contribution in [0.4, 0.5) is 18.0 Å². The number of carbonyl (C=O) groups excluding carboxylic acids is 2. The van der Waals surface area contributed by atoms with Crippen LogP contribution in [0.3, 0.4) is 0 Å². The lowest BCUT2D eigenvalue weighted by Crippen LogP contribution is -2.51. The average molecular weight is 480 g/mol. The van der Waals surface area contributed by atoms with Gasteiger partial charge in [-0.1, -0.05) is 48.5 Å². The molecule has 0 radical (unpaired) electrons. The average Bonchev–Trinajstić information content (AvgIpc) is 3.11. The summed E-state index contributed by atoms with van der Waals surface area (Å²) in [6.07, 6.45) is -7.53. The molecule has 8 nitrogen and oxygen atoms in total. The Balaban J connectivity index is 1.52. The molecule has 0 spiro atoms. The van der Waals surface area contributed by atoms with Crippen molar-refractivity contribution in [1.29, 1.82) is 0 Å². The molecule has 2 aromatic carbocycles. The first kappa shape index (κ1) is 25.0. The number of carbonyl (C=O) groups is 3. The number of alkyl halides is 3. The third-order valence-corrected chi connectivity index (χ3v) is 5.44. The van der Waals surface area contributed by atoms with Gasteiger partial charge in [0.05, 0.1) is 12.5 Å². The topological polar surface area (TPSA) is 114 Å². The highest BCUT2D eigenvalue weighted by molar-refractivity contribution is 5.84. The molecule has 0 bridgehead atoms. The lowest BCUT2D eigenvalue weighted by molar-refractivity contribution is -0.182. The largest absolute Gasteiger partial charge is 0.479 e. The molecular weight excluding hydrogens is 457 g/mol. The van der Waals surface area contributed by atoms with Gasteiger partial charge in [0.25, 0.3) is 0 Å². The second-order valence-corrected chi connectivity index (χ2v) is 7.65. The fraction of sp³-hybridized carbons (Fsp3) is 0.348. The molecule has 2 atom stereocenters. The van der Waals surface area contributed by atoms with Crippen LogP contribution in [0.15, 0.2) is 48.5 Å². The predicted molar refractivity (Wildman–Crippen MR) is 114 cm³/mol. The fourth-order valence-electron chi connectivity index (χ4n) is 3.80. The highest BCUT2D eigenvalue weighted by atomic mass is 19.4. The lowest BCUT2D eigenvalue weighted by atomic mass is 9.98. The number of rotatable bonds is 9. The van der Waals surface area contributed by atoms with E-state index in [1.54, 1.807) is 0 Å². The molecule has 1 aliphatic rings. The van der Waals surface area contributed by atoms with Crippen LogP contribution in [0.25, 0.3) is 11.1 Å². The molecule has 0 aliphatic heterocycles. The number of carboxylic acid groups (broad SMARTS) is 1. The van der Waals surface area contributed by atoms with Crippen molar-refractivity contribution >= 4 is 18.0 Å². The van der Waals surface area contributed by atoms with E-state index in [-0.39, 0.29) is 19.1 Å². The van der Waals surface area contributed by atoms with Gasteiger partial charge in [0, 0.05) is 19.6 Å². The summed E-state index contributed by atoms with van der Waals surface area (Å²) in [5.41, 5.74) is 4.19. The first-order chi connectivity index (χ1) is 16.1. The van der Waals surface area contributed by atoms with E-state index in [4.69, 9.17) is 14.6 Å². The van der Waals surface area contributed by atoms with Crippen LogP contribution < -0.4 is 10.6 Å². The van der Waals surface area contributed by atoms with E-state index in [1.807, 2.05) is 48.5 Å². The monoisotopic (exact) mass is 480 g/mol. The number of nitrogens with one attached hydrogen (secondary N) is 2. The Bertz CT molecular complexity index is 1010. The van der Waals surface area contributed by atoms with E-state index in [9.17, 15) is 27.6 Å². The molecular formula is C23H23F3N2O6. The number of ether oxygens (including phenoxy) is 2. The van der Waals surface area contributed by atoms with Crippen LogP contribution in [-0.2, 0) is 19.1 Å². The molecule has 3 rings (SSSR count). The summed E-state index contributed by atoms with van der Waals surface area (Å²) in [7, 11) is 1.20. The summed E-state index contributed by atoms with van der Waals surface area (Å²) in [5, 5.41) is 12.5. The second-order valence-electron chi connectivity index (χ2n) is 7.65. The Morgan fingerprint density at radius 1 is 1.03 bits per heavy atom. The zero-order valence-corrected chi connectivity index (χ0v) is 18.1. The number of hydrogen-bond donors (Lipinski definition) is 3. The Morgan fingerprint density at radius 2 is 1.59 bits per heavy atom. The normalized spacial score (nSPS) is 14.5. The molecule has 2 unspecified atom stereocenters. The number of alkyl carbamates (subject to hydrolysis) is 1. The number of methoxy groups -OCH3 is 1. The fourth-order valence-corrected chi connectivity index (χ4v) is 3.80. The molecule has 2 amide bonds. The molecule has 0 saturated heterocycles. The van der Waals surface area contributed by atoms with Gasteiger partial charge in [-0.3, -0.25) is 4.79 Å². The van der Waals surface area contributed by atoms with Crippen molar-refractivity contribution in [1.82, 2.24) is 10.6 Å². The highest BCUT2D eigenvalue weighted by Crippen LogP contribution is 2.44. The van der Waals surface area contributed by atoms with Crippen molar-refractivity contribution < 1.29 is 42.1 Å². The molecule has 0 saturated carbocycles. The third kappa shape index (κ3) is 5.84. The summed E-state index contributed by atoms with van der Waals surface area (Å²) < 4.78 is 48.5. The minimum Gasteiger partial charge on any atom is -0.479 e. The maximum absolute atomic E-state index is 12.7.